The van der Waals surface area contributed by atoms with E-state index in [1.807, 2.05) is 12.1 Å². The zero-order chi connectivity index (χ0) is 10.9. The number of hydrogen-bond acceptors (Lipinski definition) is 3. The minimum Gasteiger partial charge on any atom is -0.508 e. The van der Waals surface area contributed by atoms with Gasteiger partial charge in [-0.1, -0.05) is 12.1 Å². The Labute approximate surface area is 91.1 Å². The number of phenolic OH excluding ortho intramolecular Hbond substituents is 1. The number of benzene rings is 1. The third-order valence-electron chi connectivity index (χ3n) is 2.22. The number of phenols is 1. The molecule has 0 aliphatic carbocycles. The largest absolute Gasteiger partial charge is 0.508 e. The van der Waals surface area contributed by atoms with E-state index < -0.39 is 0 Å². The monoisotopic (exact) mass is 209 g/mol. The molecule has 0 aliphatic rings. The van der Waals surface area contributed by atoms with Gasteiger partial charge in [0.2, 0.25) is 0 Å². The van der Waals surface area contributed by atoms with Gasteiger partial charge in [0.1, 0.15) is 5.75 Å². The van der Waals surface area contributed by atoms with Crippen molar-refractivity contribution < 1.29 is 9.84 Å². The Balaban J connectivity index is 2.07. The van der Waals surface area contributed by atoms with Gasteiger partial charge in [0.05, 0.1) is 0 Å². The molecule has 0 aromatic heterocycles. The second-order valence-corrected chi connectivity index (χ2v) is 3.54. The maximum absolute atomic E-state index is 9.09. The lowest BCUT2D eigenvalue weighted by Gasteiger charge is -2.04. The number of hydrogen-bond donors (Lipinski definition) is 2. The van der Waals surface area contributed by atoms with Crippen molar-refractivity contribution in [2.24, 2.45) is 0 Å². The quantitative estimate of drug-likeness (QED) is 0.674. The first-order valence-corrected chi connectivity index (χ1v) is 5.30. The summed E-state index contributed by atoms with van der Waals surface area (Å²) in [7, 11) is 1.73. The lowest BCUT2D eigenvalue weighted by molar-refractivity contribution is 0.192. The molecule has 2 N–H and O–H groups in total. The molecule has 0 bridgehead atoms. The first-order chi connectivity index (χ1) is 7.33. The molecule has 3 nitrogen and oxygen atoms in total. The van der Waals surface area contributed by atoms with Gasteiger partial charge in [-0.3, -0.25) is 0 Å². The SMILES string of the molecule is COCCCCNCc1ccc(O)cc1. The summed E-state index contributed by atoms with van der Waals surface area (Å²) in [5.74, 6) is 0.318. The van der Waals surface area contributed by atoms with Crippen molar-refractivity contribution in [2.45, 2.75) is 19.4 Å². The van der Waals surface area contributed by atoms with Gasteiger partial charge >= 0.3 is 0 Å². The Bertz CT molecular complexity index is 259. The van der Waals surface area contributed by atoms with E-state index in [9.17, 15) is 0 Å². The van der Waals surface area contributed by atoms with E-state index in [2.05, 4.69) is 5.32 Å². The van der Waals surface area contributed by atoms with Gasteiger partial charge < -0.3 is 15.2 Å². The van der Waals surface area contributed by atoms with E-state index in [1.165, 1.54) is 5.56 Å². The highest BCUT2D eigenvalue weighted by Crippen LogP contribution is 2.08. The van der Waals surface area contributed by atoms with E-state index in [-0.39, 0.29) is 0 Å². The third-order valence-corrected chi connectivity index (χ3v) is 2.22. The van der Waals surface area contributed by atoms with Crippen molar-refractivity contribution in [3.63, 3.8) is 0 Å². The van der Waals surface area contributed by atoms with Crippen molar-refractivity contribution in [1.82, 2.24) is 5.32 Å². The Morgan fingerprint density at radius 1 is 1.20 bits per heavy atom. The molecule has 0 fully saturated rings. The minimum atomic E-state index is 0.318. The minimum absolute atomic E-state index is 0.318. The zero-order valence-corrected chi connectivity index (χ0v) is 9.20. The molecule has 0 unspecified atom stereocenters. The zero-order valence-electron chi connectivity index (χ0n) is 9.20. The Morgan fingerprint density at radius 3 is 2.60 bits per heavy atom. The van der Waals surface area contributed by atoms with Crippen LogP contribution in [0.1, 0.15) is 18.4 Å². The first kappa shape index (κ1) is 12.0. The molecule has 1 aromatic carbocycles. The van der Waals surface area contributed by atoms with Gasteiger partial charge in [0.15, 0.2) is 0 Å². The normalized spacial score (nSPS) is 10.5. The van der Waals surface area contributed by atoms with Gasteiger partial charge in [0.25, 0.3) is 0 Å². The predicted octanol–water partition coefficient (Wildman–Crippen LogP) is 1.91. The third kappa shape index (κ3) is 5.40. The predicted molar refractivity (Wildman–Crippen MR) is 60.9 cm³/mol. The van der Waals surface area contributed by atoms with E-state index in [0.29, 0.717) is 5.75 Å². The number of rotatable bonds is 7. The summed E-state index contributed by atoms with van der Waals surface area (Å²) in [5.41, 5.74) is 1.19. The molecule has 0 radical (unpaired) electrons. The van der Waals surface area contributed by atoms with Crippen molar-refractivity contribution in [1.29, 1.82) is 0 Å². The van der Waals surface area contributed by atoms with Crippen molar-refractivity contribution in [3.8, 4) is 5.75 Å². The second-order valence-electron chi connectivity index (χ2n) is 3.54. The molecule has 0 amide bonds. The average molecular weight is 209 g/mol. The molecule has 0 aliphatic heterocycles. The molecule has 0 heterocycles. The molecule has 0 saturated heterocycles. The highest BCUT2D eigenvalue weighted by atomic mass is 16.5. The molecule has 15 heavy (non-hydrogen) atoms. The average Bonchev–Trinajstić information content (AvgIpc) is 2.26. The van der Waals surface area contributed by atoms with Gasteiger partial charge in [-0.05, 0) is 37.1 Å². The van der Waals surface area contributed by atoms with Gasteiger partial charge in [-0.25, -0.2) is 0 Å². The van der Waals surface area contributed by atoms with Crippen LogP contribution in [0.4, 0.5) is 0 Å². The summed E-state index contributed by atoms with van der Waals surface area (Å²) in [6.07, 6.45) is 2.23. The Kier molecular flexibility index (Phi) is 5.81. The fourth-order valence-corrected chi connectivity index (χ4v) is 1.34. The standard InChI is InChI=1S/C12H19NO2/c1-15-9-3-2-8-13-10-11-4-6-12(14)7-5-11/h4-7,13-14H,2-3,8-10H2,1H3. The highest BCUT2D eigenvalue weighted by molar-refractivity contribution is 5.25. The number of methoxy groups -OCH3 is 1. The fraction of sp³-hybridized carbons (Fsp3) is 0.500. The lowest BCUT2D eigenvalue weighted by atomic mass is 10.2. The van der Waals surface area contributed by atoms with Crippen LogP contribution in [0.2, 0.25) is 0 Å². The summed E-state index contributed by atoms with van der Waals surface area (Å²) >= 11 is 0. The maximum atomic E-state index is 9.09. The highest BCUT2D eigenvalue weighted by Gasteiger charge is 1.93. The van der Waals surface area contributed by atoms with E-state index >= 15 is 0 Å². The molecular formula is C12H19NO2. The van der Waals surface area contributed by atoms with Crippen molar-refractivity contribution in [2.75, 3.05) is 20.3 Å². The number of aromatic hydroxyl groups is 1. The van der Waals surface area contributed by atoms with Crippen LogP contribution in [0.25, 0.3) is 0 Å². The van der Waals surface area contributed by atoms with Gasteiger partial charge in [-0.2, -0.15) is 0 Å². The topological polar surface area (TPSA) is 41.5 Å². The summed E-state index contributed by atoms with van der Waals surface area (Å²) in [4.78, 5) is 0. The summed E-state index contributed by atoms with van der Waals surface area (Å²) in [6.45, 7) is 2.69. The summed E-state index contributed by atoms with van der Waals surface area (Å²) < 4.78 is 4.96. The van der Waals surface area contributed by atoms with E-state index in [1.54, 1.807) is 19.2 Å². The van der Waals surface area contributed by atoms with E-state index in [0.717, 1.165) is 32.5 Å². The molecule has 0 spiro atoms. The molecular weight excluding hydrogens is 190 g/mol. The number of ether oxygens (including phenoxy) is 1. The van der Waals surface area contributed by atoms with Crippen molar-refractivity contribution >= 4 is 0 Å². The van der Waals surface area contributed by atoms with Crippen LogP contribution < -0.4 is 5.32 Å². The molecule has 3 heteroatoms. The van der Waals surface area contributed by atoms with Crippen LogP contribution in [-0.4, -0.2) is 25.4 Å². The first-order valence-electron chi connectivity index (χ1n) is 5.30. The maximum Gasteiger partial charge on any atom is 0.115 e. The van der Waals surface area contributed by atoms with E-state index in [4.69, 9.17) is 9.84 Å². The van der Waals surface area contributed by atoms with Crippen molar-refractivity contribution in [3.05, 3.63) is 29.8 Å². The Hall–Kier alpha value is -1.06. The Morgan fingerprint density at radius 2 is 1.93 bits per heavy atom. The van der Waals surface area contributed by atoms with Crippen LogP contribution in [0.15, 0.2) is 24.3 Å². The molecule has 0 atom stereocenters. The van der Waals surface area contributed by atoms with Crippen LogP contribution >= 0.6 is 0 Å². The molecule has 84 valence electrons. The van der Waals surface area contributed by atoms with Crippen LogP contribution in [0.5, 0.6) is 5.75 Å². The lowest BCUT2D eigenvalue weighted by Crippen LogP contribution is -2.14. The second kappa shape index (κ2) is 7.26. The van der Waals surface area contributed by atoms with Gasteiger partial charge in [0, 0.05) is 20.3 Å². The molecule has 1 aromatic rings. The van der Waals surface area contributed by atoms with Crippen LogP contribution in [-0.2, 0) is 11.3 Å². The smallest absolute Gasteiger partial charge is 0.115 e. The fourth-order valence-electron chi connectivity index (χ4n) is 1.34. The summed E-state index contributed by atoms with van der Waals surface area (Å²) in [5, 5.41) is 12.4. The molecule has 0 saturated carbocycles. The molecule has 1 rings (SSSR count). The summed E-state index contributed by atoms with van der Waals surface area (Å²) in [6, 6.07) is 7.28. The number of unbranched alkanes of at least 4 members (excludes halogenated alkanes) is 1. The van der Waals surface area contributed by atoms with Crippen LogP contribution in [0.3, 0.4) is 0 Å². The number of nitrogens with one attached hydrogen (secondary N) is 1. The van der Waals surface area contributed by atoms with Gasteiger partial charge in [-0.15, -0.1) is 0 Å². The van der Waals surface area contributed by atoms with Crippen LogP contribution in [0, 0.1) is 0 Å².